The Labute approximate surface area is 86.9 Å². The number of hydrogen-bond acceptors (Lipinski definition) is 3. The van der Waals surface area contributed by atoms with Gasteiger partial charge in [-0.3, -0.25) is 0 Å². The summed E-state index contributed by atoms with van der Waals surface area (Å²) in [5.41, 5.74) is 0. The van der Waals surface area contributed by atoms with E-state index in [2.05, 4.69) is 15.4 Å². The first kappa shape index (κ1) is 9.15. The van der Waals surface area contributed by atoms with Gasteiger partial charge in [-0.05, 0) is 23.7 Å². The molecule has 0 fully saturated rings. The molecule has 0 spiro atoms. The van der Waals surface area contributed by atoms with Crippen molar-refractivity contribution in [3.63, 3.8) is 0 Å². The van der Waals surface area contributed by atoms with Crippen LogP contribution in [0.1, 0.15) is 0 Å². The van der Waals surface area contributed by atoms with E-state index in [0.29, 0.717) is 0 Å². The number of hydrogen-bond donors (Lipinski definition) is 0. The van der Waals surface area contributed by atoms with Gasteiger partial charge in [-0.1, -0.05) is 12.1 Å². The summed E-state index contributed by atoms with van der Waals surface area (Å²) in [7, 11) is 3.89. The summed E-state index contributed by atoms with van der Waals surface area (Å²) in [6.45, 7) is 0. The lowest BCUT2D eigenvalue weighted by Crippen LogP contribution is -2.06. The van der Waals surface area contributed by atoms with E-state index >= 15 is 0 Å². The van der Waals surface area contributed by atoms with Crippen LogP contribution >= 0.6 is 11.5 Å². The van der Waals surface area contributed by atoms with Crippen LogP contribution in [0.4, 0.5) is 5.82 Å². The Morgan fingerprint density at radius 2 is 2.14 bits per heavy atom. The largest absolute Gasteiger partial charge is 0.369 e. The van der Waals surface area contributed by atoms with E-state index in [0.717, 1.165) is 11.2 Å². The minimum Gasteiger partial charge on any atom is -0.369 e. The summed E-state index contributed by atoms with van der Waals surface area (Å²) < 4.78 is 5.46. The third kappa shape index (κ3) is 1.75. The van der Waals surface area contributed by atoms with Crippen LogP contribution in [-0.2, 0) is 0 Å². The SMILES string of the molecule is CN(C)C=Nc1nsc2ccccc12. The molecule has 0 unspecified atom stereocenters. The number of rotatable bonds is 2. The maximum Gasteiger partial charge on any atom is 0.174 e. The van der Waals surface area contributed by atoms with E-state index in [1.54, 1.807) is 6.34 Å². The lowest BCUT2D eigenvalue weighted by atomic mass is 10.3. The van der Waals surface area contributed by atoms with Crippen molar-refractivity contribution < 1.29 is 0 Å². The molecule has 0 aliphatic carbocycles. The number of nitrogens with zero attached hydrogens (tertiary/aromatic N) is 3. The highest BCUT2D eigenvalue weighted by molar-refractivity contribution is 7.13. The zero-order valence-electron chi connectivity index (χ0n) is 8.14. The summed E-state index contributed by atoms with van der Waals surface area (Å²) in [6.07, 6.45) is 1.77. The first-order valence-electron chi connectivity index (χ1n) is 4.32. The van der Waals surface area contributed by atoms with Crippen LogP contribution in [0.3, 0.4) is 0 Å². The Bertz CT molecular complexity index is 459. The smallest absolute Gasteiger partial charge is 0.174 e. The molecule has 1 aromatic heterocycles. The second-order valence-electron chi connectivity index (χ2n) is 3.21. The molecule has 0 aliphatic heterocycles. The molecule has 2 aromatic rings. The summed E-state index contributed by atoms with van der Waals surface area (Å²) in [5.74, 6) is 0.805. The number of fused-ring (bicyclic) bond motifs is 1. The molecular formula is C10H11N3S. The Morgan fingerprint density at radius 3 is 2.93 bits per heavy atom. The fourth-order valence-electron chi connectivity index (χ4n) is 1.14. The van der Waals surface area contributed by atoms with Gasteiger partial charge < -0.3 is 4.90 Å². The second kappa shape index (κ2) is 3.75. The van der Waals surface area contributed by atoms with Gasteiger partial charge in [-0.25, -0.2) is 4.99 Å². The van der Waals surface area contributed by atoms with Crippen LogP contribution in [0, 0.1) is 0 Å². The molecule has 2 rings (SSSR count). The fourth-order valence-corrected chi connectivity index (χ4v) is 1.86. The average Bonchev–Trinajstić information content (AvgIpc) is 2.58. The monoisotopic (exact) mass is 205 g/mol. The van der Waals surface area contributed by atoms with Crippen LogP contribution in [0.5, 0.6) is 0 Å². The first-order chi connectivity index (χ1) is 6.77. The molecule has 0 bridgehead atoms. The standard InChI is InChI=1S/C10H11N3S/c1-13(2)7-11-10-8-5-3-4-6-9(8)14-12-10/h3-7H,1-2H3. The second-order valence-corrected chi connectivity index (χ2v) is 4.02. The van der Waals surface area contributed by atoms with Gasteiger partial charge in [-0.15, -0.1) is 0 Å². The summed E-state index contributed by atoms with van der Waals surface area (Å²) in [4.78, 5) is 6.19. The highest BCUT2D eigenvalue weighted by Crippen LogP contribution is 2.27. The highest BCUT2D eigenvalue weighted by atomic mass is 32.1. The molecule has 0 atom stereocenters. The topological polar surface area (TPSA) is 28.5 Å². The zero-order chi connectivity index (χ0) is 9.97. The van der Waals surface area contributed by atoms with Gasteiger partial charge in [0.1, 0.15) is 0 Å². The summed E-state index contributed by atoms with van der Waals surface area (Å²) >= 11 is 1.48. The molecule has 0 saturated carbocycles. The van der Waals surface area contributed by atoms with Crippen molar-refractivity contribution in [3.8, 4) is 0 Å². The van der Waals surface area contributed by atoms with Crippen molar-refractivity contribution in [2.24, 2.45) is 4.99 Å². The Balaban J connectivity index is 2.43. The normalized spacial score (nSPS) is 11.3. The van der Waals surface area contributed by atoms with Crippen molar-refractivity contribution in [1.82, 2.24) is 9.27 Å². The van der Waals surface area contributed by atoms with Crippen molar-refractivity contribution in [2.75, 3.05) is 14.1 Å². The summed E-state index contributed by atoms with van der Waals surface area (Å²) in [6, 6.07) is 8.12. The predicted molar refractivity (Wildman–Crippen MR) is 61.5 cm³/mol. The highest BCUT2D eigenvalue weighted by Gasteiger charge is 2.02. The molecule has 0 amide bonds. The fraction of sp³-hybridized carbons (Fsp3) is 0.200. The van der Waals surface area contributed by atoms with Gasteiger partial charge in [0.25, 0.3) is 0 Å². The first-order valence-corrected chi connectivity index (χ1v) is 5.10. The molecule has 0 aliphatic rings. The molecule has 1 heterocycles. The van der Waals surface area contributed by atoms with E-state index in [9.17, 15) is 0 Å². The van der Waals surface area contributed by atoms with Crippen LogP contribution in [-0.4, -0.2) is 29.7 Å². The van der Waals surface area contributed by atoms with Gasteiger partial charge in [-0.2, -0.15) is 4.37 Å². The van der Waals surface area contributed by atoms with Gasteiger partial charge in [0.2, 0.25) is 0 Å². The number of aliphatic imine (C=N–C) groups is 1. The van der Waals surface area contributed by atoms with Gasteiger partial charge >= 0.3 is 0 Å². The molecule has 0 N–H and O–H groups in total. The van der Waals surface area contributed by atoms with Crippen LogP contribution in [0.2, 0.25) is 0 Å². The Kier molecular flexibility index (Phi) is 2.45. The van der Waals surface area contributed by atoms with Crippen LogP contribution < -0.4 is 0 Å². The molecule has 14 heavy (non-hydrogen) atoms. The lowest BCUT2D eigenvalue weighted by Gasteiger charge is -2.00. The molecule has 3 nitrogen and oxygen atoms in total. The third-order valence-electron chi connectivity index (χ3n) is 1.77. The van der Waals surface area contributed by atoms with Crippen LogP contribution in [0.25, 0.3) is 10.1 Å². The molecule has 1 aromatic carbocycles. The maximum atomic E-state index is 4.29. The van der Waals surface area contributed by atoms with E-state index in [-0.39, 0.29) is 0 Å². The number of benzene rings is 1. The molecule has 72 valence electrons. The molecule has 0 radical (unpaired) electrons. The average molecular weight is 205 g/mol. The van der Waals surface area contributed by atoms with E-state index in [4.69, 9.17) is 0 Å². The minimum absolute atomic E-state index is 0.805. The van der Waals surface area contributed by atoms with Crippen molar-refractivity contribution in [3.05, 3.63) is 24.3 Å². The van der Waals surface area contributed by atoms with Crippen molar-refractivity contribution in [2.45, 2.75) is 0 Å². The Morgan fingerprint density at radius 1 is 1.36 bits per heavy atom. The third-order valence-corrected chi connectivity index (χ3v) is 2.59. The predicted octanol–water partition coefficient (Wildman–Crippen LogP) is 2.52. The van der Waals surface area contributed by atoms with Crippen molar-refractivity contribution in [1.29, 1.82) is 0 Å². The van der Waals surface area contributed by atoms with Gasteiger partial charge in [0.15, 0.2) is 5.82 Å². The Hall–Kier alpha value is -1.42. The lowest BCUT2D eigenvalue weighted by molar-refractivity contribution is 0.643. The van der Waals surface area contributed by atoms with Crippen molar-refractivity contribution >= 4 is 33.8 Å². The van der Waals surface area contributed by atoms with E-state index < -0.39 is 0 Å². The maximum absolute atomic E-state index is 4.29. The molecular weight excluding hydrogens is 194 g/mol. The summed E-state index contributed by atoms with van der Waals surface area (Å²) in [5, 5.41) is 1.12. The quantitative estimate of drug-likeness (QED) is 0.556. The van der Waals surface area contributed by atoms with E-state index in [1.165, 1.54) is 16.2 Å². The number of aromatic nitrogens is 1. The molecule has 0 saturated heterocycles. The van der Waals surface area contributed by atoms with Crippen LogP contribution in [0.15, 0.2) is 29.3 Å². The van der Waals surface area contributed by atoms with Gasteiger partial charge in [0.05, 0.1) is 11.0 Å². The minimum atomic E-state index is 0.805. The zero-order valence-corrected chi connectivity index (χ0v) is 8.95. The van der Waals surface area contributed by atoms with E-state index in [1.807, 2.05) is 37.2 Å². The molecule has 4 heteroatoms. The van der Waals surface area contributed by atoms with Gasteiger partial charge in [0, 0.05) is 19.5 Å².